The standard InChI is InChI=1S/C14H21NO5/c1-5-10(8-16)15-14(17)9-6-11(18-2)13(20-4)12(7-9)19-3/h6-7,10,16H,5,8H2,1-4H3,(H,15,17). The van der Waals surface area contributed by atoms with Gasteiger partial charge < -0.3 is 24.6 Å². The van der Waals surface area contributed by atoms with Gasteiger partial charge in [0, 0.05) is 5.56 Å². The van der Waals surface area contributed by atoms with Gasteiger partial charge in [0.25, 0.3) is 5.91 Å². The van der Waals surface area contributed by atoms with Crippen LogP contribution in [0.2, 0.25) is 0 Å². The molecule has 0 saturated heterocycles. The highest BCUT2D eigenvalue weighted by Crippen LogP contribution is 2.38. The Bertz CT molecular complexity index is 432. The van der Waals surface area contributed by atoms with Gasteiger partial charge >= 0.3 is 0 Å². The van der Waals surface area contributed by atoms with E-state index >= 15 is 0 Å². The maximum absolute atomic E-state index is 12.1. The van der Waals surface area contributed by atoms with Gasteiger partial charge in [0.1, 0.15) is 0 Å². The third-order valence-corrected chi connectivity index (χ3v) is 2.98. The van der Waals surface area contributed by atoms with Gasteiger partial charge in [-0.15, -0.1) is 0 Å². The second-order valence-corrected chi connectivity index (χ2v) is 4.18. The van der Waals surface area contributed by atoms with Crippen LogP contribution in [0.3, 0.4) is 0 Å². The number of amides is 1. The Kier molecular flexibility index (Phi) is 6.11. The van der Waals surface area contributed by atoms with Crippen molar-refractivity contribution in [2.45, 2.75) is 19.4 Å². The number of hydrogen-bond acceptors (Lipinski definition) is 5. The first-order chi connectivity index (χ1) is 9.60. The quantitative estimate of drug-likeness (QED) is 0.786. The first-order valence-electron chi connectivity index (χ1n) is 6.32. The largest absolute Gasteiger partial charge is 0.493 e. The summed E-state index contributed by atoms with van der Waals surface area (Å²) in [5.74, 6) is 0.953. The lowest BCUT2D eigenvalue weighted by molar-refractivity contribution is 0.0914. The van der Waals surface area contributed by atoms with Gasteiger partial charge in [-0.25, -0.2) is 0 Å². The number of carbonyl (C=O) groups excluding carboxylic acids is 1. The molecule has 0 fully saturated rings. The summed E-state index contributed by atoms with van der Waals surface area (Å²) in [6.45, 7) is 1.78. The van der Waals surface area contributed by atoms with Crippen molar-refractivity contribution in [1.82, 2.24) is 5.32 Å². The van der Waals surface area contributed by atoms with E-state index in [0.29, 0.717) is 29.2 Å². The molecule has 1 amide bonds. The summed E-state index contributed by atoms with van der Waals surface area (Å²) in [5.41, 5.74) is 0.381. The summed E-state index contributed by atoms with van der Waals surface area (Å²) in [4.78, 5) is 12.1. The summed E-state index contributed by atoms with van der Waals surface area (Å²) in [7, 11) is 4.47. The van der Waals surface area contributed by atoms with Crippen LogP contribution in [0.5, 0.6) is 17.2 Å². The van der Waals surface area contributed by atoms with Gasteiger partial charge in [-0.1, -0.05) is 6.92 Å². The zero-order valence-electron chi connectivity index (χ0n) is 12.2. The summed E-state index contributed by atoms with van der Waals surface area (Å²) >= 11 is 0. The molecule has 1 aromatic carbocycles. The zero-order chi connectivity index (χ0) is 15.1. The van der Waals surface area contributed by atoms with E-state index in [1.54, 1.807) is 12.1 Å². The maximum Gasteiger partial charge on any atom is 0.251 e. The number of nitrogens with one attached hydrogen (secondary N) is 1. The summed E-state index contributed by atoms with van der Waals surface area (Å²) in [5, 5.41) is 11.9. The fourth-order valence-electron chi connectivity index (χ4n) is 1.76. The smallest absolute Gasteiger partial charge is 0.251 e. The fraction of sp³-hybridized carbons (Fsp3) is 0.500. The van der Waals surface area contributed by atoms with Crippen molar-refractivity contribution in [3.8, 4) is 17.2 Å². The molecule has 0 aromatic heterocycles. The third-order valence-electron chi connectivity index (χ3n) is 2.98. The Labute approximate surface area is 118 Å². The molecule has 1 unspecified atom stereocenters. The summed E-state index contributed by atoms with van der Waals surface area (Å²) in [6.07, 6.45) is 0.646. The molecule has 0 heterocycles. The molecular formula is C14H21NO5. The first kappa shape index (κ1) is 16.1. The van der Waals surface area contributed by atoms with Crippen LogP contribution in [0, 0.1) is 0 Å². The van der Waals surface area contributed by atoms with E-state index in [9.17, 15) is 4.79 Å². The topological polar surface area (TPSA) is 77.0 Å². The third kappa shape index (κ3) is 3.54. The van der Waals surface area contributed by atoms with E-state index in [4.69, 9.17) is 19.3 Å². The number of aliphatic hydroxyl groups is 1. The molecule has 0 saturated carbocycles. The molecule has 6 nitrogen and oxygen atoms in total. The maximum atomic E-state index is 12.1. The van der Waals surface area contributed by atoms with Crippen LogP contribution in [0.1, 0.15) is 23.7 Å². The van der Waals surface area contributed by atoms with Gasteiger partial charge in [0.05, 0.1) is 34.0 Å². The van der Waals surface area contributed by atoms with E-state index in [2.05, 4.69) is 5.32 Å². The van der Waals surface area contributed by atoms with Crippen LogP contribution in [0.15, 0.2) is 12.1 Å². The zero-order valence-corrected chi connectivity index (χ0v) is 12.2. The normalized spacial score (nSPS) is 11.7. The van der Waals surface area contributed by atoms with Crippen molar-refractivity contribution >= 4 is 5.91 Å². The number of hydrogen-bond donors (Lipinski definition) is 2. The number of aliphatic hydroxyl groups excluding tert-OH is 1. The molecule has 0 radical (unpaired) electrons. The fourth-order valence-corrected chi connectivity index (χ4v) is 1.76. The summed E-state index contributed by atoms with van der Waals surface area (Å²) in [6, 6.07) is 2.86. The van der Waals surface area contributed by atoms with E-state index in [1.807, 2.05) is 6.92 Å². The van der Waals surface area contributed by atoms with Gasteiger partial charge in [0.2, 0.25) is 5.75 Å². The van der Waals surface area contributed by atoms with Crippen molar-refractivity contribution in [3.05, 3.63) is 17.7 Å². The van der Waals surface area contributed by atoms with Crippen LogP contribution in [0.4, 0.5) is 0 Å². The molecule has 6 heteroatoms. The van der Waals surface area contributed by atoms with Crippen LogP contribution in [-0.2, 0) is 0 Å². The van der Waals surface area contributed by atoms with E-state index in [-0.39, 0.29) is 18.6 Å². The SMILES string of the molecule is CCC(CO)NC(=O)c1cc(OC)c(OC)c(OC)c1. The predicted molar refractivity (Wildman–Crippen MR) is 74.7 cm³/mol. The Hall–Kier alpha value is -1.95. The number of ether oxygens (including phenoxy) is 3. The van der Waals surface area contributed by atoms with Crippen molar-refractivity contribution in [2.24, 2.45) is 0 Å². The lowest BCUT2D eigenvalue weighted by Gasteiger charge is -2.16. The highest BCUT2D eigenvalue weighted by atomic mass is 16.5. The molecule has 1 atom stereocenters. The molecule has 112 valence electrons. The molecule has 0 aliphatic carbocycles. The second-order valence-electron chi connectivity index (χ2n) is 4.18. The van der Waals surface area contributed by atoms with E-state index in [1.165, 1.54) is 21.3 Å². The van der Waals surface area contributed by atoms with Crippen LogP contribution >= 0.6 is 0 Å². The highest BCUT2D eigenvalue weighted by Gasteiger charge is 2.18. The Morgan fingerprint density at radius 2 is 1.75 bits per heavy atom. The molecule has 20 heavy (non-hydrogen) atoms. The molecule has 0 bridgehead atoms. The van der Waals surface area contributed by atoms with Crippen LogP contribution in [-0.4, -0.2) is 45.0 Å². The van der Waals surface area contributed by atoms with Gasteiger partial charge in [-0.05, 0) is 18.6 Å². The average Bonchev–Trinajstić information content (AvgIpc) is 2.50. The molecule has 0 aliphatic heterocycles. The molecule has 2 N–H and O–H groups in total. The molecule has 0 spiro atoms. The minimum Gasteiger partial charge on any atom is -0.493 e. The monoisotopic (exact) mass is 283 g/mol. The number of methoxy groups -OCH3 is 3. The van der Waals surface area contributed by atoms with Crippen molar-refractivity contribution in [3.63, 3.8) is 0 Å². The minimum absolute atomic E-state index is 0.104. The molecule has 1 rings (SSSR count). The molecule has 1 aromatic rings. The summed E-state index contributed by atoms with van der Waals surface area (Å²) < 4.78 is 15.6. The van der Waals surface area contributed by atoms with Crippen LogP contribution in [0.25, 0.3) is 0 Å². The highest BCUT2D eigenvalue weighted by molar-refractivity contribution is 5.95. The lowest BCUT2D eigenvalue weighted by atomic mass is 10.1. The van der Waals surface area contributed by atoms with Gasteiger partial charge in [-0.3, -0.25) is 4.79 Å². The lowest BCUT2D eigenvalue weighted by Crippen LogP contribution is -2.36. The Balaban J connectivity index is 3.09. The predicted octanol–water partition coefficient (Wildman–Crippen LogP) is 1.21. The Morgan fingerprint density at radius 1 is 1.20 bits per heavy atom. The molecule has 0 aliphatic rings. The number of rotatable bonds is 7. The van der Waals surface area contributed by atoms with Gasteiger partial charge in [0.15, 0.2) is 11.5 Å². The average molecular weight is 283 g/mol. The van der Waals surface area contributed by atoms with E-state index in [0.717, 1.165) is 0 Å². The van der Waals surface area contributed by atoms with Crippen molar-refractivity contribution in [1.29, 1.82) is 0 Å². The van der Waals surface area contributed by atoms with E-state index < -0.39 is 0 Å². The first-order valence-corrected chi connectivity index (χ1v) is 6.32. The van der Waals surface area contributed by atoms with Crippen molar-refractivity contribution in [2.75, 3.05) is 27.9 Å². The minimum atomic E-state index is -0.301. The van der Waals surface area contributed by atoms with Crippen LogP contribution < -0.4 is 19.5 Å². The number of benzene rings is 1. The number of carbonyl (C=O) groups is 1. The second kappa shape index (κ2) is 7.59. The molecular weight excluding hydrogens is 262 g/mol. The van der Waals surface area contributed by atoms with Gasteiger partial charge in [-0.2, -0.15) is 0 Å². The van der Waals surface area contributed by atoms with Crippen molar-refractivity contribution < 1.29 is 24.1 Å². The Morgan fingerprint density at radius 3 is 2.10 bits per heavy atom.